The van der Waals surface area contributed by atoms with E-state index >= 15 is 0 Å². The third kappa shape index (κ3) is 4.23. The van der Waals surface area contributed by atoms with E-state index in [1.807, 2.05) is 24.3 Å². The lowest BCUT2D eigenvalue weighted by Crippen LogP contribution is -2.52. The number of aliphatic carboxylic acids is 1. The first-order valence-corrected chi connectivity index (χ1v) is 10.1. The number of nitrogens with zero attached hydrogens (tertiary/aromatic N) is 1. The van der Waals surface area contributed by atoms with Gasteiger partial charge in [0, 0.05) is 41.7 Å². The Kier molecular flexibility index (Phi) is 5.98. The first-order chi connectivity index (χ1) is 15.2. The van der Waals surface area contributed by atoms with Crippen LogP contribution in [0.5, 0.6) is 0 Å². The van der Waals surface area contributed by atoms with Gasteiger partial charge >= 0.3 is 11.7 Å². The number of hydrogen-bond donors (Lipinski definition) is 6. The van der Waals surface area contributed by atoms with Crippen LogP contribution in [-0.4, -0.2) is 60.3 Å². The zero-order valence-electron chi connectivity index (χ0n) is 17.2. The fourth-order valence-electron chi connectivity index (χ4n) is 3.97. The summed E-state index contributed by atoms with van der Waals surface area (Å²) in [6.45, 7) is 1.52. The second-order valence-corrected chi connectivity index (χ2v) is 7.90. The van der Waals surface area contributed by atoms with Crippen LogP contribution in [0, 0.1) is 6.92 Å². The average molecular weight is 444 g/mol. The predicted octanol–water partition coefficient (Wildman–Crippen LogP) is -0.421. The van der Waals surface area contributed by atoms with Crippen LogP contribution in [0.2, 0.25) is 0 Å². The number of rotatable bonds is 7. The van der Waals surface area contributed by atoms with Gasteiger partial charge in [-0.2, -0.15) is 0 Å². The monoisotopic (exact) mass is 444 g/mol. The summed E-state index contributed by atoms with van der Waals surface area (Å²) in [6, 6.07) is 6.30. The molecule has 0 radical (unpaired) electrons. The van der Waals surface area contributed by atoms with E-state index in [1.54, 1.807) is 6.20 Å². The molecule has 32 heavy (non-hydrogen) atoms. The van der Waals surface area contributed by atoms with Crippen LogP contribution < -0.4 is 16.6 Å². The van der Waals surface area contributed by atoms with Crippen molar-refractivity contribution < 1.29 is 24.9 Å². The van der Waals surface area contributed by atoms with Crippen LogP contribution >= 0.6 is 0 Å². The van der Waals surface area contributed by atoms with Gasteiger partial charge in [0.15, 0.2) is 0 Å². The van der Waals surface area contributed by atoms with E-state index in [9.17, 15) is 29.7 Å². The molecule has 1 aliphatic heterocycles. The summed E-state index contributed by atoms with van der Waals surface area (Å²) < 4.78 is 6.79. The molecule has 0 amide bonds. The number of aryl methyl sites for hydroxylation is 1. The highest BCUT2D eigenvalue weighted by Crippen LogP contribution is 2.29. The Bertz CT molecular complexity index is 1250. The quantitative estimate of drug-likeness (QED) is 0.267. The molecule has 3 aromatic rings. The first kappa shape index (κ1) is 22.0. The number of hydrogen-bond acceptors (Lipinski definition) is 7. The van der Waals surface area contributed by atoms with E-state index in [0.29, 0.717) is 0 Å². The lowest BCUT2D eigenvalue weighted by Gasteiger charge is -2.25. The summed E-state index contributed by atoms with van der Waals surface area (Å²) >= 11 is 0. The second kappa shape index (κ2) is 8.71. The Morgan fingerprint density at radius 1 is 1.34 bits per heavy atom. The zero-order valence-corrected chi connectivity index (χ0v) is 17.2. The molecule has 3 heterocycles. The van der Waals surface area contributed by atoms with Gasteiger partial charge in [-0.05, 0) is 18.6 Å². The standard InChI is InChI=1S/C21H24N4O7/c1-10-9-25(21(31)24-18(10)27)16-7-15(26)17(32-16)19(28)23-14(20(29)30)6-11-8-22-13-5-3-2-4-12(11)13/h2-5,8-9,14-17,19,22-23,26,28H,6-7H2,1H3,(H,29,30)(H,24,27,31)/t14-,15-,16+,17-,19?/m0/s1. The Morgan fingerprint density at radius 2 is 2.09 bits per heavy atom. The van der Waals surface area contributed by atoms with Crippen LogP contribution in [0.4, 0.5) is 0 Å². The van der Waals surface area contributed by atoms with Crippen LogP contribution in [0.1, 0.15) is 23.8 Å². The predicted molar refractivity (Wildman–Crippen MR) is 113 cm³/mol. The minimum Gasteiger partial charge on any atom is -0.480 e. The Balaban J connectivity index is 1.48. The van der Waals surface area contributed by atoms with E-state index in [1.165, 1.54) is 13.1 Å². The number of carboxylic acid groups (broad SMARTS) is 1. The van der Waals surface area contributed by atoms with Gasteiger partial charge in [0.25, 0.3) is 5.56 Å². The summed E-state index contributed by atoms with van der Waals surface area (Å²) in [4.78, 5) is 40.7. The van der Waals surface area contributed by atoms with Crippen molar-refractivity contribution in [1.29, 1.82) is 0 Å². The number of aromatic amines is 2. The molecule has 1 saturated heterocycles. The number of fused-ring (bicyclic) bond motifs is 1. The summed E-state index contributed by atoms with van der Waals surface area (Å²) in [7, 11) is 0. The Hall–Kier alpha value is -3.25. The number of aliphatic hydroxyl groups is 2. The number of nitrogens with one attached hydrogen (secondary N) is 3. The van der Waals surface area contributed by atoms with E-state index in [4.69, 9.17) is 4.74 Å². The van der Waals surface area contributed by atoms with E-state index in [2.05, 4.69) is 15.3 Å². The lowest BCUT2D eigenvalue weighted by molar-refractivity contribution is -0.143. The molecule has 0 bridgehead atoms. The number of aliphatic hydroxyl groups excluding tert-OH is 2. The molecule has 1 aromatic carbocycles. The molecular weight excluding hydrogens is 420 g/mol. The number of ether oxygens (including phenoxy) is 1. The fraction of sp³-hybridized carbons (Fsp3) is 0.381. The Labute approximate surface area is 181 Å². The molecule has 4 rings (SSSR count). The summed E-state index contributed by atoms with van der Waals surface area (Å²) in [6.07, 6.45) is -1.68. The molecule has 11 nitrogen and oxygen atoms in total. The van der Waals surface area contributed by atoms with Crippen LogP contribution in [0.25, 0.3) is 10.9 Å². The second-order valence-electron chi connectivity index (χ2n) is 7.90. The molecule has 0 aliphatic carbocycles. The topological polar surface area (TPSA) is 170 Å². The third-order valence-electron chi connectivity index (χ3n) is 5.67. The molecule has 0 saturated carbocycles. The zero-order chi connectivity index (χ0) is 23.0. The van der Waals surface area contributed by atoms with Crippen molar-refractivity contribution in [3.05, 3.63) is 68.6 Å². The number of para-hydroxylation sites is 1. The summed E-state index contributed by atoms with van der Waals surface area (Å²) in [5, 5.41) is 34.1. The minimum absolute atomic E-state index is 0.0189. The number of aromatic nitrogens is 3. The molecular formula is C21H24N4O7. The highest BCUT2D eigenvalue weighted by Gasteiger charge is 2.41. The summed E-state index contributed by atoms with van der Waals surface area (Å²) in [5.41, 5.74) is 0.683. The van der Waals surface area contributed by atoms with Crippen molar-refractivity contribution in [3.63, 3.8) is 0 Å². The first-order valence-electron chi connectivity index (χ1n) is 10.1. The molecule has 1 unspecified atom stereocenters. The maximum absolute atomic E-state index is 12.1. The normalized spacial score (nSPS) is 22.8. The van der Waals surface area contributed by atoms with Crippen LogP contribution in [0.3, 0.4) is 0 Å². The van der Waals surface area contributed by atoms with E-state index in [-0.39, 0.29) is 18.4 Å². The summed E-state index contributed by atoms with van der Waals surface area (Å²) in [5.74, 6) is -1.18. The van der Waals surface area contributed by atoms with Gasteiger partial charge in [-0.25, -0.2) is 4.79 Å². The van der Waals surface area contributed by atoms with Crippen molar-refractivity contribution in [2.45, 2.75) is 50.5 Å². The number of carbonyl (C=O) groups is 1. The van der Waals surface area contributed by atoms with Gasteiger partial charge in [-0.15, -0.1) is 0 Å². The molecule has 170 valence electrons. The van der Waals surface area contributed by atoms with Crippen molar-refractivity contribution in [3.8, 4) is 0 Å². The number of benzene rings is 1. The van der Waals surface area contributed by atoms with E-state index < -0.39 is 47.9 Å². The van der Waals surface area contributed by atoms with Crippen molar-refractivity contribution >= 4 is 16.9 Å². The van der Waals surface area contributed by atoms with Crippen molar-refractivity contribution in [1.82, 2.24) is 19.9 Å². The third-order valence-corrected chi connectivity index (χ3v) is 5.67. The van der Waals surface area contributed by atoms with Crippen LogP contribution in [0.15, 0.2) is 46.2 Å². The largest absolute Gasteiger partial charge is 0.480 e. The molecule has 5 atom stereocenters. The molecule has 1 fully saturated rings. The van der Waals surface area contributed by atoms with Crippen molar-refractivity contribution in [2.24, 2.45) is 0 Å². The van der Waals surface area contributed by atoms with Gasteiger partial charge in [0.2, 0.25) is 0 Å². The van der Waals surface area contributed by atoms with Gasteiger partial charge in [-0.3, -0.25) is 24.5 Å². The smallest absolute Gasteiger partial charge is 0.330 e. The van der Waals surface area contributed by atoms with Crippen molar-refractivity contribution in [2.75, 3.05) is 0 Å². The van der Waals surface area contributed by atoms with Gasteiger partial charge < -0.3 is 25.0 Å². The fourth-order valence-corrected chi connectivity index (χ4v) is 3.97. The minimum atomic E-state index is -1.51. The Morgan fingerprint density at radius 3 is 2.84 bits per heavy atom. The molecule has 2 aromatic heterocycles. The van der Waals surface area contributed by atoms with Gasteiger partial charge in [0.05, 0.1) is 6.10 Å². The molecule has 11 heteroatoms. The number of carboxylic acids is 1. The molecule has 1 aliphatic rings. The lowest BCUT2D eigenvalue weighted by atomic mass is 10.0. The van der Waals surface area contributed by atoms with Gasteiger partial charge in [0.1, 0.15) is 24.6 Å². The van der Waals surface area contributed by atoms with Gasteiger partial charge in [-0.1, -0.05) is 18.2 Å². The average Bonchev–Trinajstić information content (AvgIpc) is 3.33. The molecule has 0 spiro atoms. The maximum atomic E-state index is 12.1. The maximum Gasteiger partial charge on any atom is 0.330 e. The number of H-pyrrole nitrogens is 2. The van der Waals surface area contributed by atoms with E-state index in [0.717, 1.165) is 21.0 Å². The SMILES string of the molecule is Cc1cn([C@H]2C[C@H](O)[C@@H](C(O)N[C@@H](Cc3c[nH]c4ccccc34)C(=O)O)O2)c(=O)[nH]c1=O. The highest BCUT2D eigenvalue weighted by atomic mass is 16.5. The molecule has 6 N–H and O–H groups in total. The van der Waals surface area contributed by atoms with Crippen LogP contribution in [-0.2, 0) is 16.0 Å². The highest BCUT2D eigenvalue weighted by molar-refractivity contribution is 5.84.